The van der Waals surface area contributed by atoms with Crippen LogP contribution in [0.2, 0.25) is 0 Å². The van der Waals surface area contributed by atoms with Crippen LogP contribution >= 0.6 is 0 Å². The summed E-state index contributed by atoms with van der Waals surface area (Å²) in [5.41, 5.74) is 0. The lowest BCUT2D eigenvalue weighted by Crippen LogP contribution is -1.96. The first-order valence-electron chi connectivity index (χ1n) is 6.31. The Hall–Kier alpha value is -0.330. The Morgan fingerprint density at radius 1 is 1.00 bits per heavy atom. The van der Waals surface area contributed by atoms with Gasteiger partial charge in [-0.3, -0.25) is 4.99 Å². The van der Waals surface area contributed by atoms with Crippen LogP contribution in [0.25, 0.3) is 0 Å². The van der Waals surface area contributed by atoms with E-state index in [-0.39, 0.29) is 0 Å². The SMILES string of the molecule is CCCCCCC(C)/C=N/CCCC. The molecule has 0 fully saturated rings. The van der Waals surface area contributed by atoms with Crippen LogP contribution in [0.4, 0.5) is 0 Å². The number of aliphatic imine (C=N–C) groups is 1. The van der Waals surface area contributed by atoms with E-state index in [0.29, 0.717) is 5.92 Å². The summed E-state index contributed by atoms with van der Waals surface area (Å²) in [5, 5.41) is 0. The molecule has 0 aromatic carbocycles. The molecule has 0 radical (unpaired) electrons. The van der Waals surface area contributed by atoms with E-state index in [1.807, 2.05) is 0 Å². The van der Waals surface area contributed by atoms with Crippen molar-refractivity contribution in [1.82, 2.24) is 0 Å². The third-order valence-electron chi connectivity index (χ3n) is 2.51. The third kappa shape index (κ3) is 9.76. The fourth-order valence-corrected chi connectivity index (χ4v) is 1.47. The lowest BCUT2D eigenvalue weighted by atomic mass is 10.0. The molecule has 1 heteroatoms. The van der Waals surface area contributed by atoms with E-state index in [9.17, 15) is 0 Å². The van der Waals surface area contributed by atoms with Crippen molar-refractivity contribution in [2.45, 2.75) is 65.7 Å². The van der Waals surface area contributed by atoms with Gasteiger partial charge in [0, 0.05) is 12.8 Å². The summed E-state index contributed by atoms with van der Waals surface area (Å²) in [6.07, 6.45) is 11.4. The Morgan fingerprint density at radius 2 is 1.71 bits per heavy atom. The molecular weight excluding hydrogens is 170 g/mol. The molecule has 0 aromatic rings. The van der Waals surface area contributed by atoms with Crippen LogP contribution in [-0.4, -0.2) is 12.8 Å². The average molecular weight is 197 g/mol. The van der Waals surface area contributed by atoms with Crippen molar-refractivity contribution in [2.24, 2.45) is 10.9 Å². The Bertz CT molecular complexity index is 129. The maximum Gasteiger partial charge on any atom is 0.0385 e. The normalized spacial score (nSPS) is 13.6. The number of rotatable bonds is 9. The summed E-state index contributed by atoms with van der Waals surface area (Å²) in [7, 11) is 0. The highest BCUT2D eigenvalue weighted by atomic mass is 14.7. The highest BCUT2D eigenvalue weighted by molar-refractivity contribution is 5.59. The molecule has 0 saturated heterocycles. The van der Waals surface area contributed by atoms with Crippen LogP contribution in [0.15, 0.2) is 4.99 Å². The zero-order valence-corrected chi connectivity index (χ0v) is 10.3. The van der Waals surface area contributed by atoms with Crippen molar-refractivity contribution < 1.29 is 0 Å². The maximum atomic E-state index is 4.43. The van der Waals surface area contributed by atoms with Crippen molar-refractivity contribution in [3.63, 3.8) is 0 Å². The Kier molecular flexibility index (Phi) is 10.5. The lowest BCUT2D eigenvalue weighted by Gasteiger charge is -2.04. The second-order valence-electron chi connectivity index (χ2n) is 4.24. The van der Waals surface area contributed by atoms with Gasteiger partial charge in [0.2, 0.25) is 0 Å². The van der Waals surface area contributed by atoms with Crippen molar-refractivity contribution in [3.8, 4) is 0 Å². The molecule has 0 amide bonds. The molecule has 0 aliphatic rings. The summed E-state index contributed by atoms with van der Waals surface area (Å²) in [4.78, 5) is 4.43. The molecule has 1 nitrogen and oxygen atoms in total. The molecule has 1 atom stereocenters. The van der Waals surface area contributed by atoms with Gasteiger partial charge < -0.3 is 0 Å². The molecule has 0 aliphatic carbocycles. The number of nitrogens with zero attached hydrogens (tertiary/aromatic N) is 1. The summed E-state index contributed by atoms with van der Waals surface area (Å²) in [6, 6.07) is 0. The topological polar surface area (TPSA) is 12.4 Å². The maximum absolute atomic E-state index is 4.43. The Morgan fingerprint density at radius 3 is 2.36 bits per heavy atom. The predicted octanol–water partition coefficient (Wildman–Crippen LogP) is 4.46. The van der Waals surface area contributed by atoms with E-state index >= 15 is 0 Å². The molecular formula is C13H27N. The minimum Gasteiger partial charge on any atom is -0.297 e. The van der Waals surface area contributed by atoms with Gasteiger partial charge >= 0.3 is 0 Å². The first-order chi connectivity index (χ1) is 6.81. The second kappa shape index (κ2) is 10.7. The standard InChI is InChI=1S/C13H27N/c1-4-6-8-9-10-13(3)12-14-11-7-5-2/h12-13H,4-11H2,1-3H3/b14-12+. The zero-order chi connectivity index (χ0) is 10.6. The van der Waals surface area contributed by atoms with Gasteiger partial charge in [-0.1, -0.05) is 52.9 Å². The number of hydrogen-bond donors (Lipinski definition) is 0. The summed E-state index contributed by atoms with van der Waals surface area (Å²) in [5.74, 6) is 0.684. The van der Waals surface area contributed by atoms with Crippen LogP contribution in [0.1, 0.15) is 65.7 Å². The summed E-state index contributed by atoms with van der Waals surface area (Å²) in [6.45, 7) is 7.77. The Labute approximate surface area is 90.0 Å². The summed E-state index contributed by atoms with van der Waals surface area (Å²) >= 11 is 0. The minimum atomic E-state index is 0.684. The number of hydrogen-bond acceptors (Lipinski definition) is 1. The number of unbranched alkanes of at least 4 members (excludes halogenated alkanes) is 4. The van der Waals surface area contributed by atoms with Crippen LogP contribution in [0.5, 0.6) is 0 Å². The zero-order valence-electron chi connectivity index (χ0n) is 10.3. The quantitative estimate of drug-likeness (QED) is 0.382. The van der Waals surface area contributed by atoms with Gasteiger partial charge in [-0.25, -0.2) is 0 Å². The Balaban J connectivity index is 3.26. The van der Waals surface area contributed by atoms with E-state index in [1.54, 1.807) is 0 Å². The molecule has 0 rings (SSSR count). The lowest BCUT2D eigenvalue weighted by molar-refractivity contribution is 0.583. The highest BCUT2D eigenvalue weighted by Crippen LogP contribution is 2.08. The molecule has 1 unspecified atom stereocenters. The fourth-order valence-electron chi connectivity index (χ4n) is 1.47. The monoisotopic (exact) mass is 197 g/mol. The third-order valence-corrected chi connectivity index (χ3v) is 2.51. The van der Waals surface area contributed by atoms with E-state index in [1.165, 1.54) is 44.9 Å². The largest absolute Gasteiger partial charge is 0.297 e. The first-order valence-corrected chi connectivity index (χ1v) is 6.31. The molecule has 0 N–H and O–H groups in total. The highest BCUT2D eigenvalue weighted by Gasteiger charge is 1.96. The predicted molar refractivity (Wildman–Crippen MR) is 66.2 cm³/mol. The first kappa shape index (κ1) is 13.7. The molecule has 84 valence electrons. The van der Waals surface area contributed by atoms with Gasteiger partial charge in [0.25, 0.3) is 0 Å². The van der Waals surface area contributed by atoms with Crippen molar-refractivity contribution in [1.29, 1.82) is 0 Å². The van der Waals surface area contributed by atoms with Crippen molar-refractivity contribution in [3.05, 3.63) is 0 Å². The van der Waals surface area contributed by atoms with Crippen molar-refractivity contribution in [2.75, 3.05) is 6.54 Å². The van der Waals surface area contributed by atoms with Crippen molar-refractivity contribution >= 4 is 6.21 Å². The molecule has 0 bridgehead atoms. The molecule has 0 saturated carbocycles. The van der Waals surface area contributed by atoms with Crippen LogP contribution in [0, 0.1) is 5.92 Å². The van der Waals surface area contributed by atoms with Gasteiger partial charge in [-0.05, 0) is 18.8 Å². The van der Waals surface area contributed by atoms with Gasteiger partial charge in [-0.2, -0.15) is 0 Å². The molecule has 0 heterocycles. The molecule has 0 spiro atoms. The minimum absolute atomic E-state index is 0.684. The fraction of sp³-hybridized carbons (Fsp3) is 0.923. The smallest absolute Gasteiger partial charge is 0.0385 e. The van der Waals surface area contributed by atoms with E-state index in [2.05, 4.69) is 32.0 Å². The van der Waals surface area contributed by atoms with Gasteiger partial charge in [0.05, 0.1) is 0 Å². The average Bonchev–Trinajstić information content (AvgIpc) is 2.19. The second-order valence-corrected chi connectivity index (χ2v) is 4.24. The van der Waals surface area contributed by atoms with Crippen LogP contribution in [0.3, 0.4) is 0 Å². The summed E-state index contributed by atoms with van der Waals surface area (Å²) < 4.78 is 0. The van der Waals surface area contributed by atoms with E-state index in [4.69, 9.17) is 0 Å². The van der Waals surface area contributed by atoms with Crippen LogP contribution in [-0.2, 0) is 0 Å². The van der Waals surface area contributed by atoms with Gasteiger partial charge in [-0.15, -0.1) is 0 Å². The molecule has 0 aliphatic heterocycles. The van der Waals surface area contributed by atoms with Gasteiger partial charge in [0.15, 0.2) is 0 Å². The van der Waals surface area contributed by atoms with E-state index in [0.717, 1.165) is 6.54 Å². The molecule has 14 heavy (non-hydrogen) atoms. The van der Waals surface area contributed by atoms with Gasteiger partial charge in [0.1, 0.15) is 0 Å². The van der Waals surface area contributed by atoms with E-state index < -0.39 is 0 Å². The molecule has 0 aromatic heterocycles. The van der Waals surface area contributed by atoms with Crippen LogP contribution < -0.4 is 0 Å².